The van der Waals surface area contributed by atoms with Crippen molar-refractivity contribution >= 4 is 34.1 Å². The van der Waals surface area contributed by atoms with Gasteiger partial charge in [0.25, 0.3) is 5.56 Å². The number of rotatable bonds is 5. The number of carboxylic acids is 1. The Hall–Kier alpha value is -3.27. The molecule has 2 fully saturated rings. The second kappa shape index (κ2) is 9.65. The van der Waals surface area contributed by atoms with Crippen LogP contribution < -0.4 is 50.4 Å². The summed E-state index contributed by atoms with van der Waals surface area (Å²) in [7, 11) is 0. The van der Waals surface area contributed by atoms with Gasteiger partial charge < -0.3 is 20.1 Å². The predicted octanol–water partition coefficient (Wildman–Crippen LogP) is -0.516. The molecule has 10 heteroatoms. The van der Waals surface area contributed by atoms with Crippen molar-refractivity contribution in [2.24, 2.45) is 11.3 Å². The average molecular weight is 490 g/mol. The van der Waals surface area contributed by atoms with Crippen molar-refractivity contribution in [2.45, 2.75) is 19.3 Å². The first kappa shape index (κ1) is 24.4. The molecule has 1 aliphatic heterocycles. The van der Waals surface area contributed by atoms with Crippen LogP contribution in [-0.2, 0) is 4.79 Å². The Morgan fingerprint density at radius 3 is 2.44 bits per heavy atom. The van der Waals surface area contributed by atoms with Crippen LogP contribution in [0.5, 0.6) is 0 Å². The SMILES string of the molecule is O=C([O-])C1CC12CCN(c1ccc(Nc3nc(-c4ccccc4)nc4cn[nH]c(=O)c34)cc1)CC2.[Na+]. The van der Waals surface area contributed by atoms with Gasteiger partial charge in [0.2, 0.25) is 0 Å². The number of hydrogen-bond donors (Lipinski definition) is 2. The first-order valence-corrected chi connectivity index (χ1v) is 11.7. The van der Waals surface area contributed by atoms with Crippen LogP contribution >= 0.6 is 0 Å². The fourth-order valence-corrected chi connectivity index (χ4v) is 5.15. The number of nitrogens with zero attached hydrogens (tertiary/aromatic N) is 4. The second-order valence-electron chi connectivity index (χ2n) is 9.32. The number of carbonyl (C=O) groups excluding carboxylic acids is 1. The molecule has 36 heavy (non-hydrogen) atoms. The summed E-state index contributed by atoms with van der Waals surface area (Å²) in [6.07, 6.45) is 4.01. The molecule has 1 unspecified atom stereocenters. The molecule has 1 spiro atoms. The zero-order valence-electron chi connectivity index (χ0n) is 19.9. The van der Waals surface area contributed by atoms with E-state index in [2.05, 4.69) is 30.4 Å². The number of carboxylic acid groups (broad SMARTS) is 1. The molecular weight excluding hydrogens is 467 g/mol. The third kappa shape index (κ3) is 4.50. The Kier molecular flexibility index (Phi) is 6.55. The number of H-pyrrole nitrogens is 1. The number of aromatic amines is 1. The van der Waals surface area contributed by atoms with Crippen LogP contribution in [0.15, 0.2) is 65.6 Å². The standard InChI is InChI=1S/C26H24N6O3.Na/c33-24-21-20(15-27-31-24)29-22(16-4-2-1-3-5-16)30-23(21)28-17-6-8-18(9-7-17)32-12-10-26(11-13-32)14-19(26)25(34)35;/h1-9,15,19H,10-14H2,(H,31,33)(H,34,35)(H,28,29,30);/q;+1/p-1. The summed E-state index contributed by atoms with van der Waals surface area (Å²) < 4.78 is 0. The molecule has 4 aromatic rings. The van der Waals surface area contributed by atoms with Crippen LogP contribution in [0.25, 0.3) is 22.3 Å². The summed E-state index contributed by atoms with van der Waals surface area (Å²) in [6, 6.07) is 17.5. The van der Waals surface area contributed by atoms with E-state index in [1.54, 1.807) is 0 Å². The van der Waals surface area contributed by atoms with Gasteiger partial charge in [0, 0.05) is 41.9 Å². The number of nitrogens with one attached hydrogen (secondary N) is 2. The van der Waals surface area contributed by atoms with E-state index in [0.717, 1.165) is 49.3 Å². The van der Waals surface area contributed by atoms with Crippen LogP contribution in [0.4, 0.5) is 17.2 Å². The van der Waals surface area contributed by atoms with Gasteiger partial charge >= 0.3 is 29.6 Å². The Balaban J connectivity index is 0.00000267. The summed E-state index contributed by atoms with van der Waals surface area (Å²) >= 11 is 0. The van der Waals surface area contributed by atoms with E-state index in [-0.39, 0.29) is 46.4 Å². The van der Waals surface area contributed by atoms with E-state index in [9.17, 15) is 14.7 Å². The van der Waals surface area contributed by atoms with Crippen molar-refractivity contribution in [3.05, 3.63) is 71.1 Å². The molecule has 2 aromatic carbocycles. The summed E-state index contributed by atoms with van der Waals surface area (Å²) in [4.78, 5) is 35.2. The van der Waals surface area contributed by atoms with E-state index in [0.29, 0.717) is 22.5 Å². The third-order valence-corrected chi connectivity index (χ3v) is 7.28. The minimum Gasteiger partial charge on any atom is -0.550 e. The molecule has 2 aliphatic rings. The Labute approximate surface area is 229 Å². The predicted molar refractivity (Wildman–Crippen MR) is 130 cm³/mol. The fourth-order valence-electron chi connectivity index (χ4n) is 5.15. The van der Waals surface area contributed by atoms with Crippen LogP contribution in [0.2, 0.25) is 0 Å². The van der Waals surface area contributed by atoms with Crippen molar-refractivity contribution in [2.75, 3.05) is 23.3 Å². The number of aromatic nitrogens is 4. The molecule has 1 saturated heterocycles. The van der Waals surface area contributed by atoms with Gasteiger partial charge in [-0.2, -0.15) is 5.10 Å². The van der Waals surface area contributed by atoms with Crippen LogP contribution in [0, 0.1) is 11.3 Å². The van der Waals surface area contributed by atoms with Crippen molar-refractivity contribution in [3.8, 4) is 11.4 Å². The first-order chi connectivity index (χ1) is 17.0. The third-order valence-electron chi connectivity index (χ3n) is 7.28. The number of hydrogen-bond acceptors (Lipinski definition) is 8. The quantitative estimate of drug-likeness (QED) is 0.358. The maximum absolute atomic E-state index is 12.5. The van der Waals surface area contributed by atoms with E-state index in [1.165, 1.54) is 6.20 Å². The van der Waals surface area contributed by atoms with Gasteiger partial charge in [-0.05, 0) is 48.9 Å². The van der Waals surface area contributed by atoms with Gasteiger partial charge in [0.1, 0.15) is 16.7 Å². The molecule has 3 heterocycles. The fraction of sp³-hybridized carbons (Fsp3) is 0.269. The number of aliphatic carboxylic acids is 1. The maximum atomic E-state index is 12.5. The zero-order valence-corrected chi connectivity index (χ0v) is 21.9. The molecule has 2 N–H and O–H groups in total. The molecular formula is C26H23N6NaO3. The number of fused-ring (bicyclic) bond motifs is 1. The summed E-state index contributed by atoms with van der Waals surface area (Å²) in [5.41, 5.74) is 2.75. The minimum atomic E-state index is -0.906. The van der Waals surface area contributed by atoms with Crippen LogP contribution in [0.1, 0.15) is 19.3 Å². The number of carbonyl (C=O) groups is 1. The number of benzene rings is 2. The molecule has 1 saturated carbocycles. The van der Waals surface area contributed by atoms with Crippen LogP contribution in [-0.4, -0.2) is 39.2 Å². The van der Waals surface area contributed by atoms with Crippen LogP contribution in [0.3, 0.4) is 0 Å². The molecule has 6 rings (SSSR count). The number of piperidine rings is 1. The monoisotopic (exact) mass is 490 g/mol. The molecule has 1 atom stereocenters. The van der Waals surface area contributed by atoms with Gasteiger partial charge in [0.15, 0.2) is 5.82 Å². The smallest absolute Gasteiger partial charge is 0.550 e. The average Bonchev–Trinajstić information content (AvgIpc) is 3.59. The Bertz CT molecular complexity index is 1470. The minimum absolute atomic E-state index is 0. The topological polar surface area (TPSA) is 127 Å². The Morgan fingerprint density at radius 1 is 1.06 bits per heavy atom. The van der Waals surface area contributed by atoms with E-state index in [1.807, 2.05) is 54.6 Å². The van der Waals surface area contributed by atoms with Gasteiger partial charge in [0.05, 0.1) is 6.20 Å². The van der Waals surface area contributed by atoms with Crippen molar-refractivity contribution in [1.82, 2.24) is 20.2 Å². The summed E-state index contributed by atoms with van der Waals surface area (Å²) in [5.74, 6) is -0.275. The molecule has 0 radical (unpaired) electrons. The summed E-state index contributed by atoms with van der Waals surface area (Å²) in [5, 5.41) is 21.2. The zero-order chi connectivity index (χ0) is 24.0. The largest absolute Gasteiger partial charge is 1.00 e. The molecule has 1 aliphatic carbocycles. The maximum Gasteiger partial charge on any atom is 1.00 e. The molecule has 9 nitrogen and oxygen atoms in total. The first-order valence-electron chi connectivity index (χ1n) is 11.7. The van der Waals surface area contributed by atoms with Gasteiger partial charge in [-0.3, -0.25) is 4.79 Å². The van der Waals surface area contributed by atoms with Crippen molar-refractivity contribution in [1.29, 1.82) is 0 Å². The molecule has 2 aromatic heterocycles. The summed E-state index contributed by atoms with van der Waals surface area (Å²) in [6.45, 7) is 1.66. The number of anilines is 3. The van der Waals surface area contributed by atoms with Gasteiger partial charge in [-0.15, -0.1) is 0 Å². The van der Waals surface area contributed by atoms with Crippen molar-refractivity contribution < 1.29 is 39.5 Å². The van der Waals surface area contributed by atoms with Crippen molar-refractivity contribution in [3.63, 3.8) is 0 Å². The van der Waals surface area contributed by atoms with Gasteiger partial charge in [-0.1, -0.05) is 30.3 Å². The molecule has 0 bridgehead atoms. The normalized spacial score (nSPS) is 18.0. The second-order valence-corrected chi connectivity index (χ2v) is 9.32. The van der Waals surface area contributed by atoms with E-state index < -0.39 is 5.97 Å². The Morgan fingerprint density at radius 2 is 1.78 bits per heavy atom. The van der Waals surface area contributed by atoms with E-state index >= 15 is 0 Å². The molecule has 0 amide bonds. The molecule has 176 valence electrons. The van der Waals surface area contributed by atoms with E-state index in [4.69, 9.17) is 0 Å². The van der Waals surface area contributed by atoms with Gasteiger partial charge in [-0.25, -0.2) is 15.1 Å².